The summed E-state index contributed by atoms with van der Waals surface area (Å²) in [5, 5.41) is 11.2. The number of nitrogens with zero attached hydrogens (tertiary/aromatic N) is 4. The van der Waals surface area contributed by atoms with Gasteiger partial charge in [-0.15, -0.1) is 5.10 Å². The molecule has 1 saturated heterocycles. The number of carbonyl (C=O) groups is 1. The molecule has 0 aliphatic carbocycles. The Kier molecular flexibility index (Phi) is 6.57. The summed E-state index contributed by atoms with van der Waals surface area (Å²) in [6, 6.07) is 12.1. The third-order valence-electron chi connectivity index (χ3n) is 5.87. The average Bonchev–Trinajstić information content (AvgIpc) is 3.21. The summed E-state index contributed by atoms with van der Waals surface area (Å²) < 4.78 is 30.1. The fraction of sp³-hybridized carbons (Fsp3) is 0.435. The second-order valence-electron chi connectivity index (χ2n) is 8.29. The molecule has 0 saturated carbocycles. The molecule has 1 amide bonds. The zero-order valence-electron chi connectivity index (χ0n) is 18.5. The lowest BCUT2D eigenvalue weighted by Gasteiger charge is -2.33. The second kappa shape index (κ2) is 9.38. The zero-order chi connectivity index (χ0) is 22.7. The molecule has 1 aliphatic rings. The average molecular weight is 456 g/mol. The minimum absolute atomic E-state index is 0.145. The number of amides is 1. The molecule has 4 rings (SSSR count). The molecule has 1 aromatic heterocycles. The Morgan fingerprint density at radius 1 is 1.16 bits per heavy atom. The molecular formula is C23H29N5O3S. The third-order valence-corrected chi connectivity index (χ3v) is 7.78. The first-order valence-corrected chi connectivity index (χ1v) is 12.5. The van der Waals surface area contributed by atoms with E-state index in [2.05, 4.69) is 15.6 Å². The van der Waals surface area contributed by atoms with E-state index in [1.165, 1.54) is 4.31 Å². The van der Waals surface area contributed by atoms with Crippen molar-refractivity contribution < 1.29 is 13.2 Å². The first kappa shape index (κ1) is 22.4. The highest BCUT2D eigenvalue weighted by atomic mass is 32.2. The van der Waals surface area contributed by atoms with Crippen LogP contribution in [0.4, 0.5) is 0 Å². The van der Waals surface area contributed by atoms with E-state index in [-0.39, 0.29) is 10.8 Å². The van der Waals surface area contributed by atoms with Crippen molar-refractivity contribution in [1.82, 2.24) is 24.6 Å². The van der Waals surface area contributed by atoms with Gasteiger partial charge in [0.1, 0.15) is 11.6 Å². The highest BCUT2D eigenvalue weighted by molar-refractivity contribution is 7.89. The Morgan fingerprint density at radius 3 is 2.69 bits per heavy atom. The monoisotopic (exact) mass is 455 g/mol. The maximum Gasteiger partial charge on any atom is 0.243 e. The third kappa shape index (κ3) is 4.54. The van der Waals surface area contributed by atoms with Gasteiger partial charge in [-0.25, -0.2) is 13.1 Å². The van der Waals surface area contributed by atoms with Gasteiger partial charge in [-0.2, -0.15) is 4.31 Å². The number of rotatable bonds is 7. The number of aryl methyl sites for hydroxylation is 2. The number of aromatic nitrogens is 3. The Balaban J connectivity index is 1.54. The van der Waals surface area contributed by atoms with Crippen molar-refractivity contribution in [3.8, 4) is 0 Å². The van der Waals surface area contributed by atoms with Crippen molar-refractivity contribution in [2.45, 2.75) is 63.6 Å². The predicted octanol–water partition coefficient (Wildman–Crippen LogP) is 3.01. The van der Waals surface area contributed by atoms with Gasteiger partial charge in [0.05, 0.1) is 10.4 Å². The smallest absolute Gasteiger partial charge is 0.243 e. The highest BCUT2D eigenvalue weighted by Gasteiger charge is 2.37. The molecule has 32 heavy (non-hydrogen) atoms. The lowest BCUT2D eigenvalue weighted by Crippen LogP contribution is -2.51. The quantitative estimate of drug-likeness (QED) is 0.591. The van der Waals surface area contributed by atoms with Gasteiger partial charge < -0.3 is 5.32 Å². The van der Waals surface area contributed by atoms with Crippen LogP contribution in [0.1, 0.15) is 43.7 Å². The zero-order valence-corrected chi connectivity index (χ0v) is 19.3. The molecule has 0 radical (unpaired) electrons. The van der Waals surface area contributed by atoms with Gasteiger partial charge in [-0.1, -0.05) is 48.4 Å². The summed E-state index contributed by atoms with van der Waals surface area (Å²) in [6.45, 7) is 5.47. The molecule has 9 heteroatoms. The molecular weight excluding hydrogens is 426 g/mol. The van der Waals surface area contributed by atoms with Crippen LogP contribution in [0.15, 0.2) is 47.4 Å². The number of carbonyl (C=O) groups excluding carboxylic acids is 1. The van der Waals surface area contributed by atoms with Crippen LogP contribution in [0.2, 0.25) is 0 Å². The van der Waals surface area contributed by atoms with Gasteiger partial charge in [0.15, 0.2) is 0 Å². The van der Waals surface area contributed by atoms with Crippen LogP contribution in [0.5, 0.6) is 0 Å². The lowest BCUT2D eigenvalue weighted by atomic mass is 10.0. The molecule has 0 spiro atoms. The number of sulfonamides is 1. The standard InChI is InChI=1S/C23H29N5O3S/c1-3-13-27-21-12-11-19(15-20(21)25-26-27)32(30,31)28-14-5-4-6-22(28)23(29)24-16-18-9-7-17(2)8-10-18/h7-12,15,22H,3-6,13-14,16H2,1-2H3,(H,24,29). The summed E-state index contributed by atoms with van der Waals surface area (Å²) >= 11 is 0. The Morgan fingerprint density at radius 2 is 1.94 bits per heavy atom. The van der Waals surface area contributed by atoms with Crippen molar-refractivity contribution in [2.24, 2.45) is 0 Å². The summed E-state index contributed by atoms with van der Waals surface area (Å²) in [4.78, 5) is 13.1. The van der Waals surface area contributed by atoms with Crippen LogP contribution < -0.4 is 5.32 Å². The van der Waals surface area contributed by atoms with Gasteiger partial charge in [-0.05, 0) is 49.9 Å². The van der Waals surface area contributed by atoms with E-state index in [0.717, 1.165) is 42.5 Å². The van der Waals surface area contributed by atoms with Crippen molar-refractivity contribution >= 4 is 27.0 Å². The predicted molar refractivity (Wildman–Crippen MR) is 122 cm³/mol. The minimum atomic E-state index is -3.84. The molecule has 170 valence electrons. The maximum atomic E-state index is 13.5. The van der Waals surface area contributed by atoms with Crippen molar-refractivity contribution in [1.29, 1.82) is 0 Å². The Labute approximate surface area is 188 Å². The van der Waals surface area contributed by atoms with Crippen molar-refractivity contribution in [3.63, 3.8) is 0 Å². The SMILES string of the molecule is CCCn1nnc2cc(S(=O)(=O)N3CCCCC3C(=O)NCc3ccc(C)cc3)ccc21. The summed E-state index contributed by atoms with van der Waals surface area (Å²) in [6.07, 6.45) is 2.97. The van der Waals surface area contributed by atoms with E-state index in [1.807, 2.05) is 38.1 Å². The second-order valence-corrected chi connectivity index (χ2v) is 10.2. The Hall–Kier alpha value is -2.78. The highest BCUT2D eigenvalue weighted by Crippen LogP contribution is 2.27. The molecule has 8 nitrogen and oxygen atoms in total. The van der Waals surface area contributed by atoms with Crippen molar-refractivity contribution in [3.05, 3.63) is 53.6 Å². The molecule has 3 aromatic rings. The number of hydrogen-bond donors (Lipinski definition) is 1. The molecule has 1 fully saturated rings. The molecule has 1 aliphatic heterocycles. The topological polar surface area (TPSA) is 97.2 Å². The molecule has 1 atom stereocenters. The number of nitrogens with one attached hydrogen (secondary N) is 1. The molecule has 0 bridgehead atoms. The number of benzene rings is 2. The van der Waals surface area contributed by atoms with Gasteiger partial charge in [-0.3, -0.25) is 4.79 Å². The minimum Gasteiger partial charge on any atom is -0.351 e. The summed E-state index contributed by atoms with van der Waals surface area (Å²) in [7, 11) is -3.84. The van der Waals surface area contributed by atoms with Gasteiger partial charge in [0, 0.05) is 19.6 Å². The van der Waals surface area contributed by atoms with Crippen molar-refractivity contribution in [2.75, 3.05) is 6.54 Å². The molecule has 2 aromatic carbocycles. The van der Waals surface area contributed by atoms with E-state index in [0.29, 0.717) is 25.0 Å². The van der Waals surface area contributed by atoms with E-state index in [9.17, 15) is 13.2 Å². The van der Waals surface area contributed by atoms with Crippen LogP contribution in [0, 0.1) is 6.92 Å². The first-order valence-electron chi connectivity index (χ1n) is 11.1. The molecule has 2 heterocycles. The molecule has 1 N–H and O–H groups in total. The van der Waals surface area contributed by atoms with E-state index in [4.69, 9.17) is 0 Å². The fourth-order valence-corrected chi connectivity index (χ4v) is 5.77. The van der Waals surface area contributed by atoms with Crippen LogP contribution in [0.3, 0.4) is 0 Å². The number of hydrogen-bond acceptors (Lipinski definition) is 5. The first-order chi connectivity index (χ1) is 15.4. The lowest BCUT2D eigenvalue weighted by molar-refractivity contribution is -0.125. The van der Waals surface area contributed by atoms with E-state index >= 15 is 0 Å². The largest absolute Gasteiger partial charge is 0.351 e. The Bertz CT molecular complexity index is 1200. The number of fused-ring (bicyclic) bond motifs is 1. The van der Waals surface area contributed by atoms with E-state index < -0.39 is 16.1 Å². The van der Waals surface area contributed by atoms with Crippen LogP contribution in [-0.2, 0) is 27.9 Å². The van der Waals surface area contributed by atoms with Crippen LogP contribution in [-0.4, -0.2) is 46.2 Å². The van der Waals surface area contributed by atoms with E-state index in [1.54, 1.807) is 22.9 Å². The van der Waals surface area contributed by atoms with Crippen LogP contribution in [0.25, 0.3) is 11.0 Å². The summed E-state index contributed by atoms with van der Waals surface area (Å²) in [5.74, 6) is -0.260. The number of piperidine rings is 1. The van der Waals surface area contributed by atoms with Crippen LogP contribution >= 0.6 is 0 Å². The van der Waals surface area contributed by atoms with Gasteiger partial charge >= 0.3 is 0 Å². The van der Waals surface area contributed by atoms with Gasteiger partial charge in [0.2, 0.25) is 15.9 Å². The maximum absolute atomic E-state index is 13.5. The normalized spacial score (nSPS) is 17.5. The van der Waals surface area contributed by atoms with Gasteiger partial charge in [0.25, 0.3) is 0 Å². The molecule has 1 unspecified atom stereocenters. The fourth-order valence-electron chi connectivity index (χ4n) is 4.09. The summed E-state index contributed by atoms with van der Waals surface area (Å²) in [5.41, 5.74) is 3.47.